The number of hydrogen-bond donors (Lipinski definition) is 1. The van der Waals surface area contributed by atoms with Crippen molar-refractivity contribution in [3.05, 3.63) is 0 Å². The number of aliphatic hydroxyl groups is 1. The van der Waals surface area contributed by atoms with Crippen LogP contribution >= 0.6 is 0 Å². The van der Waals surface area contributed by atoms with Gasteiger partial charge in [0.05, 0.1) is 21.5 Å². The first kappa shape index (κ1) is 17.3. The van der Waals surface area contributed by atoms with Crippen LogP contribution in [-0.2, 0) is 10.1 Å². The minimum absolute atomic E-state index is 0. The zero-order valence-electron chi connectivity index (χ0n) is 9.06. The monoisotopic (exact) mass is 232 g/mol. The first-order valence-electron chi connectivity index (χ1n) is 4.54. The Morgan fingerprint density at radius 2 is 1.86 bits per heavy atom. The minimum atomic E-state index is -4.24. The fourth-order valence-corrected chi connectivity index (χ4v) is 2.15. The standard InChI is InChI=1S/C8H18O4S.Na/c1-3-5-8(13(10,11)12)6-7(9)4-2;/h7-9H,3-6H2,1-2H3,(H,10,11,12);/q;+1/p-1. The summed E-state index contributed by atoms with van der Waals surface area (Å²) < 4.78 is 32.1. The third-order valence-corrected chi connectivity index (χ3v) is 3.27. The average Bonchev–Trinajstić information content (AvgIpc) is 2.01. The largest absolute Gasteiger partial charge is 1.00 e. The first-order valence-corrected chi connectivity index (χ1v) is 6.01. The molecular formula is C8H17NaO4S. The van der Waals surface area contributed by atoms with E-state index in [1.807, 2.05) is 6.92 Å². The second-order valence-electron chi connectivity index (χ2n) is 3.20. The maximum Gasteiger partial charge on any atom is 1.00 e. The molecule has 0 amide bonds. The minimum Gasteiger partial charge on any atom is -0.748 e. The van der Waals surface area contributed by atoms with E-state index in [0.717, 1.165) is 0 Å². The predicted octanol–water partition coefficient (Wildman–Crippen LogP) is -2.13. The maximum absolute atomic E-state index is 10.7. The van der Waals surface area contributed by atoms with Crippen LogP contribution in [0.4, 0.5) is 0 Å². The topological polar surface area (TPSA) is 77.4 Å². The Morgan fingerprint density at radius 1 is 1.36 bits per heavy atom. The van der Waals surface area contributed by atoms with Crippen LogP contribution in [0.1, 0.15) is 39.5 Å². The molecule has 0 aromatic heterocycles. The van der Waals surface area contributed by atoms with Crippen molar-refractivity contribution in [1.82, 2.24) is 0 Å². The van der Waals surface area contributed by atoms with Gasteiger partial charge in [-0.2, -0.15) is 0 Å². The fourth-order valence-electron chi connectivity index (χ4n) is 1.17. The van der Waals surface area contributed by atoms with Crippen LogP contribution in [0, 0.1) is 0 Å². The zero-order valence-corrected chi connectivity index (χ0v) is 11.9. The molecule has 0 fully saturated rings. The van der Waals surface area contributed by atoms with Crippen molar-refractivity contribution in [2.24, 2.45) is 0 Å². The molecule has 2 unspecified atom stereocenters. The summed E-state index contributed by atoms with van der Waals surface area (Å²) in [5.41, 5.74) is 0. The summed E-state index contributed by atoms with van der Waals surface area (Å²) in [7, 11) is -4.24. The van der Waals surface area contributed by atoms with E-state index in [1.54, 1.807) is 6.92 Å². The summed E-state index contributed by atoms with van der Waals surface area (Å²) in [6.07, 6.45) is 0.845. The van der Waals surface area contributed by atoms with Gasteiger partial charge in [-0.3, -0.25) is 0 Å². The second kappa shape index (κ2) is 8.07. The molecule has 1 N–H and O–H groups in total. The van der Waals surface area contributed by atoms with Crippen molar-refractivity contribution in [2.45, 2.75) is 50.9 Å². The molecule has 0 heterocycles. The molecular weight excluding hydrogens is 215 g/mol. The summed E-state index contributed by atoms with van der Waals surface area (Å²) in [6, 6.07) is 0. The van der Waals surface area contributed by atoms with E-state index >= 15 is 0 Å². The van der Waals surface area contributed by atoms with E-state index in [0.29, 0.717) is 19.3 Å². The Balaban J connectivity index is 0. The Kier molecular flexibility index (Phi) is 9.96. The molecule has 6 heteroatoms. The Labute approximate surface area is 108 Å². The van der Waals surface area contributed by atoms with Crippen molar-refractivity contribution in [3.63, 3.8) is 0 Å². The van der Waals surface area contributed by atoms with Crippen LogP contribution in [0.2, 0.25) is 0 Å². The van der Waals surface area contributed by atoms with E-state index in [1.165, 1.54) is 0 Å². The summed E-state index contributed by atoms with van der Waals surface area (Å²) in [5.74, 6) is 0. The Morgan fingerprint density at radius 3 is 2.14 bits per heavy atom. The quantitative estimate of drug-likeness (QED) is 0.419. The molecule has 0 saturated heterocycles. The fraction of sp³-hybridized carbons (Fsp3) is 1.00. The van der Waals surface area contributed by atoms with Crippen LogP contribution in [0.3, 0.4) is 0 Å². The molecule has 0 aliphatic carbocycles. The van der Waals surface area contributed by atoms with Gasteiger partial charge in [-0.1, -0.05) is 20.3 Å². The molecule has 0 aliphatic heterocycles. The molecule has 2 atom stereocenters. The molecule has 4 nitrogen and oxygen atoms in total. The van der Waals surface area contributed by atoms with Gasteiger partial charge in [-0.05, 0) is 19.3 Å². The average molecular weight is 232 g/mol. The van der Waals surface area contributed by atoms with Gasteiger partial charge in [0.2, 0.25) is 0 Å². The molecule has 0 spiro atoms. The van der Waals surface area contributed by atoms with E-state index in [9.17, 15) is 18.1 Å². The third-order valence-electron chi connectivity index (χ3n) is 2.03. The summed E-state index contributed by atoms with van der Waals surface area (Å²) in [5, 5.41) is 8.29. The van der Waals surface area contributed by atoms with Crippen molar-refractivity contribution < 1.29 is 47.6 Å². The number of rotatable bonds is 6. The van der Waals surface area contributed by atoms with Gasteiger partial charge >= 0.3 is 29.6 Å². The molecule has 0 bridgehead atoms. The van der Waals surface area contributed by atoms with Gasteiger partial charge in [-0.25, -0.2) is 8.42 Å². The van der Waals surface area contributed by atoms with Gasteiger partial charge in [0, 0.05) is 0 Å². The molecule has 14 heavy (non-hydrogen) atoms. The Hall–Kier alpha value is 0.870. The van der Waals surface area contributed by atoms with Crippen LogP contribution in [0.5, 0.6) is 0 Å². The molecule has 0 aromatic rings. The summed E-state index contributed by atoms with van der Waals surface area (Å²) in [4.78, 5) is 0. The van der Waals surface area contributed by atoms with Gasteiger partial charge in [0.25, 0.3) is 0 Å². The number of hydrogen-bond acceptors (Lipinski definition) is 4. The smallest absolute Gasteiger partial charge is 0.748 e. The first-order chi connectivity index (χ1) is 5.91. The van der Waals surface area contributed by atoms with Crippen molar-refractivity contribution in [2.75, 3.05) is 0 Å². The van der Waals surface area contributed by atoms with E-state index in [-0.39, 0.29) is 36.0 Å². The third kappa shape index (κ3) is 7.20. The van der Waals surface area contributed by atoms with Gasteiger partial charge in [0.15, 0.2) is 0 Å². The molecule has 0 rings (SSSR count). The maximum atomic E-state index is 10.7. The SMILES string of the molecule is CCCC(CC(O)CC)S(=O)(=O)[O-].[Na+]. The molecule has 0 aliphatic rings. The molecule has 0 radical (unpaired) electrons. The summed E-state index contributed by atoms with van der Waals surface area (Å²) in [6.45, 7) is 3.57. The van der Waals surface area contributed by atoms with Crippen LogP contribution in [-0.4, -0.2) is 29.4 Å². The molecule has 0 saturated carbocycles. The van der Waals surface area contributed by atoms with Crippen molar-refractivity contribution >= 4 is 10.1 Å². The van der Waals surface area contributed by atoms with Crippen molar-refractivity contribution in [1.29, 1.82) is 0 Å². The van der Waals surface area contributed by atoms with E-state index in [2.05, 4.69) is 0 Å². The van der Waals surface area contributed by atoms with Crippen LogP contribution in [0.15, 0.2) is 0 Å². The molecule has 80 valence electrons. The van der Waals surface area contributed by atoms with E-state index < -0.39 is 21.5 Å². The van der Waals surface area contributed by atoms with E-state index in [4.69, 9.17) is 0 Å². The van der Waals surface area contributed by atoms with Crippen LogP contribution < -0.4 is 29.6 Å². The Bertz CT molecular complexity index is 227. The van der Waals surface area contributed by atoms with Crippen LogP contribution in [0.25, 0.3) is 0 Å². The molecule has 0 aromatic carbocycles. The second-order valence-corrected chi connectivity index (χ2v) is 4.85. The van der Waals surface area contributed by atoms with Gasteiger partial charge in [0.1, 0.15) is 0 Å². The number of aliphatic hydroxyl groups excluding tert-OH is 1. The van der Waals surface area contributed by atoms with Gasteiger partial charge in [-0.15, -0.1) is 0 Å². The van der Waals surface area contributed by atoms with Crippen molar-refractivity contribution in [3.8, 4) is 0 Å². The predicted molar refractivity (Wildman–Crippen MR) is 49.3 cm³/mol. The summed E-state index contributed by atoms with van der Waals surface area (Å²) >= 11 is 0. The van der Waals surface area contributed by atoms with Gasteiger partial charge < -0.3 is 9.66 Å². The zero-order chi connectivity index (χ0) is 10.5. The normalized spacial score (nSPS) is 15.7.